The van der Waals surface area contributed by atoms with Gasteiger partial charge in [-0.1, -0.05) is 6.07 Å². The average molecular weight is 429 g/mol. The van der Waals surface area contributed by atoms with Crippen molar-refractivity contribution in [1.29, 1.82) is 0 Å². The van der Waals surface area contributed by atoms with Crippen LogP contribution in [0.5, 0.6) is 0 Å². The molecule has 0 bridgehead atoms. The van der Waals surface area contributed by atoms with Gasteiger partial charge in [0, 0.05) is 18.0 Å². The van der Waals surface area contributed by atoms with Crippen LogP contribution in [-0.2, 0) is 10.8 Å². The maximum absolute atomic E-state index is 13.7. The summed E-state index contributed by atoms with van der Waals surface area (Å²) in [7, 11) is -1.18. The Labute approximate surface area is 174 Å². The number of carbonyl (C=O) groups excluding carboxylic acids is 1. The van der Waals surface area contributed by atoms with Crippen LogP contribution in [0.3, 0.4) is 0 Å². The van der Waals surface area contributed by atoms with Crippen LogP contribution in [0.25, 0.3) is 5.69 Å². The first-order valence-corrected chi connectivity index (χ1v) is 9.20. The highest BCUT2D eigenvalue weighted by atomic mass is 19.4. The fourth-order valence-electron chi connectivity index (χ4n) is 3.42. The SMILES string of the molecule is CC1OB(O)c2cc(NC(=O)c3ccc(-n4ncccc4=O)cc3C(F)(F)F)ccc21. The lowest BCUT2D eigenvalue weighted by Crippen LogP contribution is -2.28. The van der Waals surface area contributed by atoms with Gasteiger partial charge in [-0.2, -0.15) is 23.0 Å². The summed E-state index contributed by atoms with van der Waals surface area (Å²) in [5, 5.41) is 16.1. The molecule has 2 heterocycles. The Balaban J connectivity index is 1.69. The van der Waals surface area contributed by atoms with Gasteiger partial charge < -0.3 is 15.0 Å². The Hall–Kier alpha value is -3.44. The number of halogens is 3. The molecule has 2 aromatic carbocycles. The van der Waals surface area contributed by atoms with E-state index in [1.165, 1.54) is 30.5 Å². The number of rotatable bonds is 3. The largest absolute Gasteiger partial charge is 0.492 e. The van der Waals surface area contributed by atoms with Crippen LogP contribution in [0.4, 0.5) is 18.9 Å². The van der Waals surface area contributed by atoms with Gasteiger partial charge in [0.1, 0.15) is 0 Å². The number of fused-ring (bicyclic) bond motifs is 1. The molecule has 3 aromatic rings. The average Bonchev–Trinajstić information content (AvgIpc) is 3.00. The molecule has 0 saturated heterocycles. The summed E-state index contributed by atoms with van der Waals surface area (Å²) in [5.41, 5.74) is -1.19. The van der Waals surface area contributed by atoms with Crippen LogP contribution >= 0.6 is 0 Å². The van der Waals surface area contributed by atoms with Crippen molar-refractivity contribution in [1.82, 2.24) is 9.78 Å². The molecule has 1 aromatic heterocycles. The van der Waals surface area contributed by atoms with E-state index in [4.69, 9.17) is 4.65 Å². The second kappa shape index (κ2) is 7.67. The van der Waals surface area contributed by atoms with E-state index in [1.807, 2.05) is 0 Å². The molecule has 1 amide bonds. The Morgan fingerprint density at radius 2 is 2.00 bits per heavy atom. The van der Waals surface area contributed by atoms with E-state index >= 15 is 0 Å². The van der Waals surface area contributed by atoms with Gasteiger partial charge in [0.2, 0.25) is 0 Å². The third kappa shape index (κ3) is 3.97. The van der Waals surface area contributed by atoms with Gasteiger partial charge in [-0.25, -0.2) is 0 Å². The minimum atomic E-state index is -4.85. The second-order valence-corrected chi connectivity index (χ2v) is 6.93. The highest BCUT2D eigenvalue weighted by Gasteiger charge is 2.36. The highest BCUT2D eigenvalue weighted by molar-refractivity contribution is 6.61. The maximum atomic E-state index is 13.7. The first kappa shape index (κ1) is 20.8. The first-order chi connectivity index (χ1) is 14.6. The predicted octanol–water partition coefficient (Wildman–Crippen LogP) is 2.28. The molecule has 0 saturated carbocycles. The molecule has 31 heavy (non-hydrogen) atoms. The summed E-state index contributed by atoms with van der Waals surface area (Å²) in [4.78, 5) is 24.5. The number of nitrogens with one attached hydrogen (secondary N) is 1. The number of hydrogen-bond donors (Lipinski definition) is 2. The number of hydrogen-bond acceptors (Lipinski definition) is 5. The van der Waals surface area contributed by atoms with Crippen molar-refractivity contribution >= 4 is 24.2 Å². The van der Waals surface area contributed by atoms with E-state index in [2.05, 4.69) is 10.4 Å². The van der Waals surface area contributed by atoms with Crippen molar-refractivity contribution in [3.63, 3.8) is 0 Å². The Bertz CT molecular complexity index is 1230. The minimum Gasteiger partial charge on any atom is -0.423 e. The van der Waals surface area contributed by atoms with E-state index in [1.54, 1.807) is 13.0 Å². The van der Waals surface area contributed by atoms with Gasteiger partial charge in [0.05, 0.1) is 22.9 Å². The van der Waals surface area contributed by atoms with Crippen LogP contribution in [0.15, 0.2) is 59.5 Å². The minimum absolute atomic E-state index is 0.124. The Morgan fingerprint density at radius 3 is 2.71 bits per heavy atom. The summed E-state index contributed by atoms with van der Waals surface area (Å²) >= 11 is 0. The normalized spacial score (nSPS) is 15.6. The molecule has 158 valence electrons. The van der Waals surface area contributed by atoms with E-state index < -0.39 is 35.9 Å². The lowest BCUT2D eigenvalue weighted by atomic mass is 9.79. The van der Waals surface area contributed by atoms with Gasteiger partial charge >= 0.3 is 13.3 Å². The summed E-state index contributed by atoms with van der Waals surface area (Å²) in [6.45, 7) is 1.75. The third-order valence-corrected chi connectivity index (χ3v) is 4.90. The van der Waals surface area contributed by atoms with Gasteiger partial charge in [-0.3, -0.25) is 9.59 Å². The molecule has 1 aliphatic heterocycles. The summed E-state index contributed by atoms with van der Waals surface area (Å²) in [6, 6.07) is 10.0. The molecule has 4 rings (SSSR count). The second-order valence-electron chi connectivity index (χ2n) is 6.93. The molecule has 7 nitrogen and oxygen atoms in total. The molecular formula is C20H15BF3N3O4. The monoisotopic (exact) mass is 429 g/mol. The molecule has 0 radical (unpaired) electrons. The van der Waals surface area contributed by atoms with Crippen LogP contribution in [0.2, 0.25) is 0 Å². The zero-order valence-corrected chi connectivity index (χ0v) is 16.1. The molecule has 1 atom stereocenters. The van der Waals surface area contributed by atoms with Crippen molar-refractivity contribution < 1.29 is 27.6 Å². The fraction of sp³-hybridized carbons (Fsp3) is 0.150. The topological polar surface area (TPSA) is 93.4 Å². The van der Waals surface area contributed by atoms with Crippen LogP contribution in [-0.4, -0.2) is 27.8 Å². The molecule has 0 spiro atoms. The summed E-state index contributed by atoms with van der Waals surface area (Å²) in [5.74, 6) is -0.992. The summed E-state index contributed by atoms with van der Waals surface area (Å²) in [6.07, 6.45) is -3.92. The van der Waals surface area contributed by atoms with Gasteiger partial charge in [0.15, 0.2) is 0 Å². The number of benzene rings is 2. The van der Waals surface area contributed by atoms with Gasteiger partial charge in [0.25, 0.3) is 11.5 Å². The van der Waals surface area contributed by atoms with E-state index in [0.29, 0.717) is 11.5 Å². The molecular weight excluding hydrogens is 414 g/mol. The number of anilines is 1. The van der Waals surface area contributed by atoms with Crippen LogP contribution in [0.1, 0.15) is 34.5 Å². The molecule has 11 heteroatoms. The van der Waals surface area contributed by atoms with Gasteiger partial charge in [-0.05, 0) is 54.3 Å². The number of nitrogens with zero attached hydrogens (tertiary/aromatic N) is 2. The highest BCUT2D eigenvalue weighted by Crippen LogP contribution is 2.34. The van der Waals surface area contributed by atoms with Crippen molar-refractivity contribution in [3.05, 3.63) is 81.8 Å². The van der Waals surface area contributed by atoms with Crippen LogP contribution in [0, 0.1) is 0 Å². The van der Waals surface area contributed by atoms with Crippen molar-refractivity contribution in [2.45, 2.75) is 19.2 Å². The van der Waals surface area contributed by atoms with E-state index in [0.717, 1.165) is 22.4 Å². The number of carbonyl (C=O) groups is 1. The molecule has 1 unspecified atom stereocenters. The van der Waals surface area contributed by atoms with E-state index in [9.17, 15) is 27.8 Å². The van der Waals surface area contributed by atoms with Crippen LogP contribution < -0.4 is 16.3 Å². The zero-order chi connectivity index (χ0) is 22.3. The van der Waals surface area contributed by atoms with E-state index in [-0.39, 0.29) is 17.5 Å². The number of amides is 1. The molecule has 0 fully saturated rings. The maximum Gasteiger partial charge on any atom is 0.492 e. The van der Waals surface area contributed by atoms with Crippen molar-refractivity contribution in [2.75, 3.05) is 5.32 Å². The molecule has 1 aliphatic rings. The van der Waals surface area contributed by atoms with Crippen molar-refractivity contribution in [3.8, 4) is 5.69 Å². The third-order valence-electron chi connectivity index (χ3n) is 4.90. The number of alkyl halides is 3. The Kier molecular flexibility index (Phi) is 5.15. The lowest BCUT2D eigenvalue weighted by Gasteiger charge is -2.15. The lowest BCUT2D eigenvalue weighted by molar-refractivity contribution is -0.137. The molecule has 2 N–H and O–H groups in total. The zero-order valence-electron chi connectivity index (χ0n) is 16.1. The quantitative estimate of drug-likeness (QED) is 0.624. The first-order valence-electron chi connectivity index (χ1n) is 9.20. The van der Waals surface area contributed by atoms with Crippen molar-refractivity contribution in [2.24, 2.45) is 0 Å². The van der Waals surface area contributed by atoms with Gasteiger partial charge in [-0.15, -0.1) is 0 Å². The number of aromatic nitrogens is 2. The summed E-state index contributed by atoms with van der Waals surface area (Å²) < 4.78 is 47.1. The Morgan fingerprint density at radius 1 is 1.23 bits per heavy atom. The molecule has 0 aliphatic carbocycles. The smallest absolute Gasteiger partial charge is 0.423 e. The predicted molar refractivity (Wildman–Crippen MR) is 106 cm³/mol. The standard InChI is InChI=1S/C20H15BF3N3O4/c1-11-14-6-4-12(9-17(14)21(30)31-11)26-19(29)15-7-5-13(10-16(15)20(22,23)24)27-18(28)3-2-8-25-27/h2-11,30H,1H3,(H,26,29). The fourth-order valence-corrected chi connectivity index (χ4v) is 3.42.